The number of hydrogen-bond donors (Lipinski definition) is 1. The molecule has 0 aliphatic heterocycles. The molecule has 2 aromatic rings. The number of benzene rings is 2. The minimum absolute atomic E-state index is 0.141. The Balaban J connectivity index is 2.32. The molecule has 0 aliphatic rings. The van der Waals surface area contributed by atoms with E-state index >= 15 is 0 Å². The quantitative estimate of drug-likeness (QED) is 0.948. The summed E-state index contributed by atoms with van der Waals surface area (Å²) < 4.78 is 23.2. The van der Waals surface area contributed by atoms with Crippen molar-refractivity contribution >= 4 is 21.4 Å². The van der Waals surface area contributed by atoms with Gasteiger partial charge in [-0.05, 0) is 43.7 Å². The highest BCUT2D eigenvalue weighted by Crippen LogP contribution is 2.17. The monoisotopic (exact) mass is 303 g/mol. The lowest BCUT2D eigenvalue weighted by molar-refractivity contribution is 0.102. The van der Waals surface area contributed by atoms with Gasteiger partial charge in [0.05, 0.1) is 4.90 Å². The summed E-state index contributed by atoms with van der Waals surface area (Å²) in [6.45, 7) is 3.74. The molecular weight excluding hydrogens is 286 g/mol. The van der Waals surface area contributed by atoms with Crippen LogP contribution in [0, 0.1) is 13.8 Å². The van der Waals surface area contributed by atoms with E-state index in [1.54, 1.807) is 13.0 Å². The smallest absolute Gasteiger partial charge is 0.255 e. The van der Waals surface area contributed by atoms with Gasteiger partial charge < -0.3 is 5.32 Å². The summed E-state index contributed by atoms with van der Waals surface area (Å²) >= 11 is 0. The van der Waals surface area contributed by atoms with Crippen LogP contribution >= 0.6 is 0 Å². The molecule has 0 saturated carbocycles. The van der Waals surface area contributed by atoms with Gasteiger partial charge in [0.2, 0.25) is 0 Å². The lowest BCUT2D eigenvalue weighted by Crippen LogP contribution is -2.14. The number of sulfone groups is 1. The highest BCUT2D eigenvalue weighted by atomic mass is 32.2. The molecule has 0 saturated heterocycles. The number of rotatable bonds is 3. The Kier molecular flexibility index (Phi) is 4.14. The maximum absolute atomic E-state index is 12.3. The van der Waals surface area contributed by atoms with E-state index in [1.165, 1.54) is 12.1 Å². The van der Waals surface area contributed by atoms with Crippen LogP contribution in [0.4, 0.5) is 5.69 Å². The Morgan fingerprint density at radius 2 is 1.62 bits per heavy atom. The number of aryl methyl sites for hydroxylation is 2. The van der Waals surface area contributed by atoms with E-state index < -0.39 is 9.84 Å². The Morgan fingerprint density at radius 3 is 2.19 bits per heavy atom. The topological polar surface area (TPSA) is 63.2 Å². The van der Waals surface area contributed by atoms with Gasteiger partial charge >= 0.3 is 0 Å². The van der Waals surface area contributed by atoms with E-state index in [1.807, 2.05) is 31.2 Å². The number of amides is 1. The van der Waals surface area contributed by atoms with Crippen LogP contribution in [-0.4, -0.2) is 20.6 Å². The molecule has 2 rings (SSSR count). The SMILES string of the molecule is Cc1ccc(NC(=O)c2cc(S(C)(=O)=O)ccc2C)cc1. The third kappa shape index (κ3) is 3.70. The van der Waals surface area contributed by atoms with E-state index in [0.29, 0.717) is 11.3 Å². The van der Waals surface area contributed by atoms with Crippen LogP contribution in [0.5, 0.6) is 0 Å². The summed E-state index contributed by atoms with van der Waals surface area (Å²) in [6, 6.07) is 12.0. The fourth-order valence-electron chi connectivity index (χ4n) is 1.91. The highest BCUT2D eigenvalue weighted by molar-refractivity contribution is 7.90. The number of nitrogens with one attached hydrogen (secondary N) is 1. The molecule has 0 unspecified atom stereocenters. The van der Waals surface area contributed by atoms with Crippen LogP contribution < -0.4 is 5.32 Å². The predicted octanol–water partition coefficient (Wildman–Crippen LogP) is 2.96. The Bertz CT molecular complexity index is 778. The molecule has 1 N–H and O–H groups in total. The number of carbonyl (C=O) groups is 1. The van der Waals surface area contributed by atoms with Gasteiger partial charge in [-0.3, -0.25) is 4.79 Å². The fourth-order valence-corrected chi connectivity index (χ4v) is 2.56. The molecule has 0 spiro atoms. The van der Waals surface area contributed by atoms with Crippen molar-refractivity contribution in [1.29, 1.82) is 0 Å². The molecule has 0 heterocycles. The standard InChI is InChI=1S/C16H17NO3S/c1-11-4-7-13(8-5-11)17-16(18)15-10-14(21(3,19)20)9-6-12(15)2/h4-10H,1-3H3,(H,17,18). The van der Waals surface area contributed by atoms with E-state index in [0.717, 1.165) is 17.4 Å². The number of carbonyl (C=O) groups excluding carboxylic acids is 1. The van der Waals surface area contributed by atoms with E-state index in [4.69, 9.17) is 0 Å². The Labute approximate surface area is 124 Å². The van der Waals surface area contributed by atoms with Crippen LogP contribution in [0.25, 0.3) is 0 Å². The minimum Gasteiger partial charge on any atom is -0.322 e. The second-order valence-corrected chi connectivity index (χ2v) is 7.08. The first kappa shape index (κ1) is 15.3. The molecule has 4 nitrogen and oxygen atoms in total. The summed E-state index contributed by atoms with van der Waals surface area (Å²) in [4.78, 5) is 12.4. The van der Waals surface area contributed by atoms with Gasteiger partial charge in [-0.15, -0.1) is 0 Å². The van der Waals surface area contributed by atoms with Crippen molar-refractivity contribution in [3.8, 4) is 0 Å². The molecule has 0 fully saturated rings. The average molecular weight is 303 g/mol. The normalized spacial score (nSPS) is 11.2. The first-order valence-electron chi connectivity index (χ1n) is 6.46. The summed E-state index contributed by atoms with van der Waals surface area (Å²) in [5.74, 6) is -0.318. The van der Waals surface area contributed by atoms with Gasteiger partial charge in [0, 0.05) is 17.5 Å². The third-order valence-electron chi connectivity index (χ3n) is 3.19. The van der Waals surface area contributed by atoms with E-state index in [2.05, 4.69) is 5.32 Å². The second-order valence-electron chi connectivity index (χ2n) is 5.07. The zero-order valence-electron chi connectivity index (χ0n) is 12.2. The molecule has 2 aromatic carbocycles. The van der Waals surface area contributed by atoms with Gasteiger partial charge in [-0.2, -0.15) is 0 Å². The van der Waals surface area contributed by atoms with Crippen molar-refractivity contribution in [3.05, 3.63) is 59.2 Å². The highest BCUT2D eigenvalue weighted by Gasteiger charge is 2.14. The van der Waals surface area contributed by atoms with Crippen molar-refractivity contribution in [2.45, 2.75) is 18.7 Å². The molecule has 1 amide bonds. The first-order chi connectivity index (χ1) is 9.77. The second kappa shape index (κ2) is 5.69. The fraction of sp³-hybridized carbons (Fsp3) is 0.188. The first-order valence-corrected chi connectivity index (χ1v) is 8.35. The third-order valence-corrected chi connectivity index (χ3v) is 4.30. The van der Waals surface area contributed by atoms with Crippen molar-refractivity contribution in [2.24, 2.45) is 0 Å². The lowest BCUT2D eigenvalue weighted by Gasteiger charge is -2.09. The number of hydrogen-bond acceptors (Lipinski definition) is 3. The molecule has 0 bridgehead atoms. The van der Waals surface area contributed by atoms with Crippen molar-refractivity contribution in [1.82, 2.24) is 0 Å². The van der Waals surface area contributed by atoms with E-state index in [9.17, 15) is 13.2 Å². The average Bonchev–Trinajstić information content (AvgIpc) is 2.40. The molecule has 110 valence electrons. The molecule has 0 aromatic heterocycles. The molecule has 0 aliphatic carbocycles. The molecule has 0 radical (unpaired) electrons. The Hall–Kier alpha value is -2.14. The van der Waals surface area contributed by atoms with Gasteiger partial charge in [0.25, 0.3) is 5.91 Å². The van der Waals surface area contributed by atoms with Gasteiger partial charge in [-0.1, -0.05) is 23.8 Å². The summed E-state index contributed by atoms with van der Waals surface area (Å²) in [7, 11) is -3.33. The van der Waals surface area contributed by atoms with Crippen LogP contribution in [0.3, 0.4) is 0 Å². The van der Waals surface area contributed by atoms with Crippen LogP contribution in [0.2, 0.25) is 0 Å². The maximum atomic E-state index is 12.3. The van der Waals surface area contributed by atoms with Crippen LogP contribution in [0.1, 0.15) is 21.5 Å². The summed E-state index contributed by atoms with van der Waals surface area (Å²) in [5.41, 5.74) is 2.86. The number of anilines is 1. The van der Waals surface area contributed by atoms with Gasteiger partial charge in [0.1, 0.15) is 0 Å². The summed E-state index contributed by atoms with van der Waals surface area (Å²) in [5, 5.41) is 2.77. The minimum atomic E-state index is -3.33. The zero-order valence-corrected chi connectivity index (χ0v) is 13.0. The maximum Gasteiger partial charge on any atom is 0.255 e. The molecular formula is C16H17NO3S. The molecule has 21 heavy (non-hydrogen) atoms. The van der Waals surface area contributed by atoms with Crippen LogP contribution in [-0.2, 0) is 9.84 Å². The van der Waals surface area contributed by atoms with Crippen molar-refractivity contribution in [3.63, 3.8) is 0 Å². The van der Waals surface area contributed by atoms with E-state index in [-0.39, 0.29) is 10.8 Å². The van der Waals surface area contributed by atoms with Gasteiger partial charge in [0.15, 0.2) is 9.84 Å². The van der Waals surface area contributed by atoms with Crippen molar-refractivity contribution < 1.29 is 13.2 Å². The van der Waals surface area contributed by atoms with Crippen molar-refractivity contribution in [2.75, 3.05) is 11.6 Å². The Morgan fingerprint density at radius 1 is 1.00 bits per heavy atom. The van der Waals surface area contributed by atoms with Gasteiger partial charge in [-0.25, -0.2) is 8.42 Å². The predicted molar refractivity (Wildman–Crippen MR) is 83.4 cm³/mol. The lowest BCUT2D eigenvalue weighted by atomic mass is 10.1. The largest absolute Gasteiger partial charge is 0.322 e. The molecule has 0 atom stereocenters. The molecule has 5 heteroatoms. The zero-order chi connectivity index (χ0) is 15.6. The summed E-state index contributed by atoms with van der Waals surface area (Å²) in [6.07, 6.45) is 1.12. The van der Waals surface area contributed by atoms with Crippen LogP contribution in [0.15, 0.2) is 47.4 Å².